The highest BCUT2D eigenvalue weighted by Crippen LogP contribution is 2.41. The maximum Gasteiger partial charge on any atom is 0.197 e. The standard InChI is InChI=1S/C22H21O2P/c1-3-17-11-10-16-20(24-2)21(17)22(23)25(18-12-6-4-7-13-18)19-14-8-5-9-15-19/h4-16H,3H2,1-2H3. The third-order valence-corrected chi connectivity index (χ3v) is 6.42. The van der Waals surface area contributed by atoms with Crippen LogP contribution in [0.1, 0.15) is 22.8 Å². The number of rotatable bonds is 6. The molecule has 3 aromatic carbocycles. The molecular formula is C22H21O2P. The van der Waals surface area contributed by atoms with Gasteiger partial charge in [-0.25, -0.2) is 0 Å². The lowest BCUT2D eigenvalue weighted by Crippen LogP contribution is -2.19. The van der Waals surface area contributed by atoms with Crippen LogP contribution in [0, 0.1) is 0 Å². The molecule has 3 aromatic rings. The summed E-state index contributed by atoms with van der Waals surface area (Å²) in [7, 11) is 0.473. The number of ether oxygens (including phenoxy) is 1. The largest absolute Gasteiger partial charge is 0.496 e. The van der Waals surface area contributed by atoms with Gasteiger partial charge in [-0.2, -0.15) is 0 Å². The summed E-state index contributed by atoms with van der Waals surface area (Å²) >= 11 is 0. The summed E-state index contributed by atoms with van der Waals surface area (Å²) in [5.41, 5.74) is 1.89. The van der Waals surface area contributed by atoms with E-state index in [0.717, 1.165) is 22.6 Å². The first-order valence-electron chi connectivity index (χ1n) is 8.36. The molecule has 3 rings (SSSR count). The van der Waals surface area contributed by atoms with Gasteiger partial charge in [-0.1, -0.05) is 79.7 Å². The molecule has 0 spiro atoms. The lowest BCUT2D eigenvalue weighted by atomic mass is 10.1. The van der Waals surface area contributed by atoms with Gasteiger partial charge in [0, 0.05) is 7.92 Å². The van der Waals surface area contributed by atoms with Crippen LogP contribution >= 0.6 is 7.92 Å². The molecule has 0 aliphatic carbocycles. The molecule has 0 aliphatic heterocycles. The molecule has 2 nitrogen and oxygen atoms in total. The number of methoxy groups -OCH3 is 1. The third kappa shape index (κ3) is 3.65. The summed E-state index contributed by atoms with van der Waals surface area (Å²) in [5, 5.41) is 2.11. The minimum Gasteiger partial charge on any atom is -0.496 e. The van der Waals surface area contributed by atoms with Gasteiger partial charge >= 0.3 is 0 Å². The van der Waals surface area contributed by atoms with Crippen LogP contribution in [0.4, 0.5) is 0 Å². The van der Waals surface area contributed by atoms with E-state index < -0.39 is 7.92 Å². The van der Waals surface area contributed by atoms with Crippen LogP contribution in [0.25, 0.3) is 0 Å². The van der Waals surface area contributed by atoms with Crippen molar-refractivity contribution in [2.75, 3.05) is 7.11 Å². The van der Waals surface area contributed by atoms with E-state index in [1.807, 2.05) is 78.9 Å². The minimum absolute atomic E-state index is 0.140. The van der Waals surface area contributed by atoms with Crippen LogP contribution in [0.2, 0.25) is 0 Å². The molecule has 25 heavy (non-hydrogen) atoms. The van der Waals surface area contributed by atoms with E-state index in [1.165, 1.54) is 0 Å². The van der Waals surface area contributed by atoms with Crippen LogP contribution < -0.4 is 15.3 Å². The molecule has 0 aliphatic rings. The van der Waals surface area contributed by atoms with E-state index in [1.54, 1.807) is 7.11 Å². The van der Waals surface area contributed by atoms with Gasteiger partial charge in [-0.3, -0.25) is 4.79 Å². The molecule has 0 fully saturated rings. The van der Waals surface area contributed by atoms with Crippen molar-refractivity contribution in [2.24, 2.45) is 0 Å². The van der Waals surface area contributed by atoms with Gasteiger partial charge in [0.1, 0.15) is 5.75 Å². The number of carbonyl (C=O) groups excluding carboxylic acids is 1. The van der Waals surface area contributed by atoms with Crippen molar-refractivity contribution in [3.8, 4) is 5.75 Å². The Morgan fingerprint density at radius 2 is 1.40 bits per heavy atom. The van der Waals surface area contributed by atoms with E-state index in [2.05, 4.69) is 6.92 Å². The molecule has 0 saturated carbocycles. The molecule has 0 amide bonds. The molecule has 0 aromatic heterocycles. The van der Waals surface area contributed by atoms with Crippen molar-refractivity contribution in [3.63, 3.8) is 0 Å². The predicted molar refractivity (Wildman–Crippen MR) is 106 cm³/mol. The molecule has 0 N–H and O–H groups in total. The summed E-state index contributed by atoms with van der Waals surface area (Å²) < 4.78 is 5.52. The molecule has 0 radical (unpaired) electrons. The summed E-state index contributed by atoms with van der Waals surface area (Å²) in [6.45, 7) is 2.07. The minimum atomic E-state index is -1.15. The van der Waals surface area contributed by atoms with Gasteiger partial charge in [0.25, 0.3) is 0 Å². The highest BCUT2D eigenvalue weighted by molar-refractivity contribution is 7.88. The Labute approximate surface area is 150 Å². The smallest absolute Gasteiger partial charge is 0.197 e. The van der Waals surface area contributed by atoms with E-state index in [4.69, 9.17) is 4.74 Å². The summed E-state index contributed by atoms with van der Waals surface area (Å²) in [6, 6.07) is 25.9. The zero-order valence-electron chi connectivity index (χ0n) is 14.5. The highest BCUT2D eigenvalue weighted by Gasteiger charge is 2.27. The Morgan fingerprint density at radius 1 is 0.840 bits per heavy atom. The maximum atomic E-state index is 13.7. The second kappa shape index (κ2) is 8.09. The van der Waals surface area contributed by atoms with Crippen molar-refractivity contribution in [1.29, 1.82) is 0 Å². The van der Waals surface area contributed by atoms with Crippen molar-refractivity contribution in [2.45, 2.75) is 13.3 Å². The van der Waals surface area contributed by atoms with E-state index >= 15 is 0 Å². The predicted octanol–water partition coefficient (Wildman–Crippen LogP) is 4.53. The highest BCUT2D eigenvalue weighted by atomic mass is 31.1. The van der Waals surface area contributed by atoms with Crippen molar-refractivity contribution < 1.29 is 9.53 Å². The molecule has 3 heteroatoms. The fourth-order valence-electron chi connectivity index (χ4n) is 2.93. The van der Waals surface area contributed by atoms with Crippen LogP contribution in [0.3, 0.4) is 0 Å². The summed E-state index contributed by atoms with van der Waals surface area (Å²) in [4.78, 5) is 13.7. The lowest BCUT2D eigenvalue weighted by molar-refractivity contribution is 0.108. The quantitative estimate of drug-likeness (QED) is 0.612. The fourth-order valence-corrected chi connectivity index (χ4v) is 5.12. The van der Waals surface area contributed by atoms with Gasteiger partial charge < -0.3 is 4.74 Å². The zero-order chi connectivity index (χ0) is 17.6. The van der Waals surface area contributed by atoms with E-state index in [0.29, 0.717) is 11.3 Å². The molecule has 0 bridgehead atoms. The van der Waals surface area contributed by atoms with Crippen LogP contribution in [-0.4, -0.2) is 12.6 Å². The topological polar surface area (TPSA) is 26.3 Å². The van der Waals surface area contributed by atoms with Gasteiger partial charge in [-0.15, -0.1) is 0 Å². The van der Waals surface area contributed by atoms with Crippen LogP contribution in [-0.2, 0) is 6.42 Å². The summed E-state index contributed by atoms with van der Waals surface area (Å²) in [6.07, 6.45) is 0.797. The Bertz CT molecular complexity index is 783. The average molecular weight is 348 g/mol. The fraction of sp³-hybridized carbons (Fsp3) is 0.136. The maximum absolute atomic E-state index is 13.7. The van der Waals surface area contributed by atoms with Crippen molar-refractivity contribution in [3.05, 3.63) is 90.0 Å². The van der Waals surface area contributed by atoms with Crippen molar-refractivity contribution >= 4 is 24.1 Å². The Morgan fingerprint density at radius 3 is 1.88 bits per heavy atom. The second-order valence-corrected chi connectivity index (χ2v) is 7.77. The first kappa shape index (κ1) is 17.4. The normalized spacial score (nSPS) is 10.7. The van der Waals surface area contributed by atoms with E-state index in [-0.39, 0.29) is 5.52 Å². The molecule has 0 heterocycles. The first-order valence-corrected chi connectivity index (χ1v) is 9.71. The molecule has 0 atom stereocenters. The van der Waals surface area contributed by atoms with Crippen LogP contribution in [0.5, 0.6) is 5.75 Å². The number of carbonyl (C=O) groups is 1. The number of hydrogen-bond acceptors (Lipinski definition) is 2. The van der Waals surface area contributed by atoms with Gasteiger partial charge in [-0.05, 0) is 28.7 Å². The van der Waals surface area contributed by atoms with Gasteiger partial charge in [0.15, 0.2) is 5.52 Å². The molecule has 126 valence electrons. The molecule has 0 saturated heterocycles. The zero-order valence-corrected chi connectivity index (χ0v) is 15.4. The third-order valence-electron chi connectivity index (χ3n) is 4.16. The lowest BCUT2D eigenvalue weighted by Gasteiger charge is -2.20. The number of benzene rings is 3. The Kier molecular flexibility index (Phi) is 5.63. The Balaban J connectivity index is 2.17. The second-order valence-electron chi connectivity index (χ2n) is 5.66. The Hall–Kier alpha value is -2.44. The van der Waals surface area contributed by atoms with Gasteiger partial charge in [0.2, 0.25) is 0 Å². The number of aryl methyl sites for hydroxylation is 1. The van der Waals surface area contributed by atoms with Gasteiger partial charge in [0.05, 0.1) is 12.7 Å². The molecular weight excluding hydrogens is 327 g/mol. The summed E-state index contributed by atoms with van der Waals surface area (Å²) in [5.74, 6) is 0.656. The average Bonchev–Trinajstić information content (AvgIpc) is 2.69. The first-order chi connectivity index (χ1) is 12.3. The number of hydrogen-bond donors (Lipinski definition) is 0. The SMILES string of the molecule is CCc1cccc(OC)c1C(=O)P(c1ccccc1)c1ccccc1. The van der Waals surface area contributed by atoms with Crippen molar-refractivity contribution in [1.82, 2.24) is 0 Å². The monoisotopic (exact) mass is 348 g/mol. The van der Waals surface area contributed by atoms with E-state index in [9.17, 15) is 4.79 Å². The molecule has 0 unspecified atom stereocenters. The van der Waals surface area contributed by atoms with Crippen LogP contribution in [0.15, 0.2) is 78.9 Å².